The second-order valence-electron chi connectivity index (χ2n) is 4.78. The summed E-state index contributed by atoms with van der Waals surface area (Å²) >= 11 is 0. The van der Waals surface area contributed by atoms with Crippen LogP contribution in [-0.2, 0) is 13.1 Å². The molecule has 0 aliphatic carbocycles. The van der Waals surface area contributed by atoms with E-state index in [4.69, 9.17) is 0 Å². The van der Waals surface area contributed by atoms with Gasteiger partial charge in [0.2, 0.25) is 0 Å². The number of aromatic nitrogens is 4. The van der Waals surface area contributed by atoms with E-state index in [9.17, 15) is 4.79 Å². The minimum absolute atomic E-state index is 0.0884. The van der Waals surface area contributed by atoms with Crippen LogP contribution in [0.3, 0.4) is 0 Å². The third-order valence-corrected chi connectivity index (χ3v) is 3.32. The number of hydrogen-bond donors (Lipinski definition) is 1. The Morgan fingerprint density at radius 1 is 1.30 bits per heavy atom. The van der Waals surface area contributed by atoms with Crippen LogP contribution in [0.25, 0.3) is 0 Å². The Bertz CT molecular complexity index is 598. The van der Waals surface area contributed by atoms with Crippen molar-refractivity contribution in [3.8, 4) is 0 Å². The van der Waals surface area contributed by atoms with E-state index in [-0.39, 0.29) is 11.9 Å². The molecule has 2 rings (SSSR count). The summed E-state index contributed by atoms with van der Waals surface area (Å²) in [6.45, 7) is 9.51. The molecule has 1 atom stereocenters. The van der Waals surface area contributed by atoms with Crippen LogP contribution in [0.1, 0.15) is 48.6 Å². The van der Waals surface area contributed by atoms with Gasteiger partial charge < -0.3 is 5.32 Å². The highest BCUT2D eigenvalue weighted by molar-refractivity contribution is 5.92. The standard InChI is InChI=1S/C14H21N5O/c1-5-18-8-7-13(17-18)14(20)15-10(3)12-9-19(6-2)16-11(12)4/h7-10H,5-6H2,1-4H3,(H,15,20). The number of nitrogens with zero attached hydrogens (tertiary/aromatic N) is 4. The number of amides is 1. The molecule has 6 nitrogen and oxygen atoms in total. The fourth-order valence-corrected chi connectivity index (χ4v) is 2.13. The van der Waals surface area contributed by atoms with E-state index in [1.54, 1.807) is 16.9 Å². The molecule has 0 aliphatic rings. The highest BCUT2D eigenvalue weighted by Gasteiger charge is 2.17. The molecule has 0 spiro atoms. The Morgan fingerprint density at radius 2 is 2.00 bits per heavy atom. The van der Waals surface area contributed by atoms with Gasteiger partial charge in [0.15, 0.2) is 0 Å². The first-order chi connectivity index (χ1) is 9.55. The summed E-state index contributed by atoms with van der Waals surface area (Å²) in [4.78, 5) is 12.1. The second-order valence-corrected chi connectivity index (χ2v) is 4.78. The lowest BCUT2D eigenvalue weighted by molar-refractivity contribution is 0.0934. The van der Waals surface area contributed by atoms with Crippen molar-refractivity contribution in [2.75, 3.05) is 0 Å². The average molecular weight is 275 g/mol. The molecule has 0 aliphatic heterocycles. The van der Waals surface area contributed by atoms with Gasteiger partial charge in [-0.15, -0.1) is 0 Å². The minimum Gasteiger partial charge on any atom is -0.344 e. The summed E-state index contributed by atoms with van der Waals surface area (Å²) in [6, 6.07) is 1.64. The molecule has 6 heteroatoms. The Kier molecular flexibility index (Phi) is 4.22. The van der Waals surface area contributed by atoms with Gasteiger partial charge in [-0.25, -0.2) is 0 Å². The summed E-state index contributed by atoms with van der Waals surface area (Å²) < 4.78 is 3.61. The van der Waals surface area contributed by atoms with Crippen LogP contribution in [-0.4, -0.2) is 25.5 Å². The summed E-state index contributed by atoms with van der Waals surface area (Å²) in [6.07, 6.45) is 3.78. The average Bonchev–Trinajstić information content (AvgIpc) is 3.04. The molecule has 0 radical (unpaired) electrons. The molecule has 0 bridgehead atoms. The van der Waals surface area contributed by atoms with Crippen LogP contribution >= 0.6 is 0 Å². The molecular formula is C14H21N5O. The van der Waals surface area contributed by atoms with Crippen molar-refractivity contribution in [1.29, 1.82) is 0 Å². The maximum absolute atomic E-state index is 12.1. The molecule has 0 saturated heterocycles. The van der Waals surface area contributed by atoms with Crippen molar-refractivity contribution in [2.24, 2.45) is 0 Å². The fourth-order valence-electron chi connectivity index (χ4n) is 2.13. The Morgan fingerprint density at radius 3 is 2.55 bits per heavy atom. The molecule has 1 unspecified atom stereocenters. The van der Waals surface area contributed by atoms with Crippen molar-refractivity contribution in [3.05, 3.63) is 35.4 Å². The van der Waals surface area contributed by atoms with Gasteiger partial charge in [-0.3, -0.25) is 14.2 Å². The van der Waals surface area contributed by atoms with Gasteiger partial charge in [0.05, 0.1) is 11.7 Å². The van der Waals surface area contributed by atoms with E-state index >= 15 is 0 Å². The zero-order valence-corrected chi connectivity index (χ0v) is 12.4. The van der Waals surface area contributed by atoms with Crippen LogP contribution in [0, 0.1) is 6.92 Å². The molecule has 0 fully saturated rings. The van der Waals surface area contributed by atoms with Gasteiger partial charge >= 0.3 is 0 Å². The maximum Gasteiger partial charge on any atom is 0.272 e. The SMILES string of the molecule is CCn1ccc(C(=O)NC(C)c2cn(CC)nc2C)n1. The quantitative estimate of drug-likeness (QED) is 0.906. The molecule has 1 N–H and O–H groups in total. The Labute approximate surface area is 118 Å². The lowest BCUT2D eigenvalue weighted by Gasteiger charge is -2.12. The molecule has 108 valence electrons. The number of rotatable bonds is 5. The van der Waals surface area contributed by atoms with Crippen molar-refractivity contribution >= 4 is 5.91 Å². The number of carbonyl (C=O) groups is 1. The predicted octanol–water partition coefficient (Wildman–Crippen LogP) is 1.92. The third-order valence-electron chi connectivity index (χ3n) is 3.32. The number of hydrogen-bond acceptors (Lipinski definition) is 3. The maximum atomic E-state index is 12.1. The van der Waals surface area contributed by atoms with Gasteiger partial charge in [0.25, 0.3) is 5.91 Å². The zero-order valence-electron chi connectivity index (χ0n) is 12.4. The van der Waals surface area contributed by atoms with Gasteiger partial charge in [0, 0.05) is 31.0 Å². The van der Waals surface area contributed by atoms with Crippen molar-refractivity contribution in [2.45, 2.75) is 46.8 Å². The van der Waals surface area contributed by atoms with E-state index in [0.29, 0.717) is 5.69 Å². The van der Waals surface area contributed by atoms with Crippen LogP contribution in [0.4, 0.5) is 0 Å². The Balaban J connectivity index is 2.08. The first kappa shape index (κ1) is 14.3. The lowest BCUT2D eigenvalue weighted by Crippen LogP contribution is -2.27. The topological polar surface area (TPSA) is 64.7 Å². The molecule has 20 heavy (non-hydrogen) atoms. The van der Waals surface area contributed by atoms with E-state index in [1.807, 2.05) is 38.6 Å². The Hall–Kier alpha value is -2.11. The van der Waals surface area contributed by atoms with E-state index in [2.05, 4.69) is 15.5 Å². The first-order valence-corrected chi connectivity index (χ1v) is 6.93. The van der Waals surface area contributed by atoms with Crippen molar-refractivity contribution in [3.63, 3.8) is 0 Å². The summed E-state index contributed by atoms with van der Waals surface area (Å²) in [5.41, 5.74) is 2.42. The molecule has 0 saturated carbocycles. The van der Waals surface area contributed by atoms with Crippen LogP contribution in [0.15, 0.2) is 18.5 Å². The number of aryl methyl sites for hydroxylation is 3. The largest absolute Gasteiger partial charge is 0.344 e. The molecule has 1 amide bonds. The second kappa shape index (κ2) is 5.90. The number of nitrogens with one attached hydrogen (secondary N) is 1. The van der Waals surface area contributed by atoms with Gasteiger partial charge in [-0.2, -0.15) is 10.2 Å². The predicted molar refractivity (Wildman–Crippen MR) is 76.4 cm³/mol. The van der Waals surface area contributed by atoms with Crippen molar-refractivity contribution in [1.82, 2.24) is 24.9 Å². The molecule has 2 aromatic heterocycles. The molecule has 2 heterocycles. The molecular weight excluding hydrogens is 254 g/mol. The fraction of sp³-hybridized carbons (Fsp3) is 0.500. The number of carbonyl (C=O) groups excluding carboxylic acids is 1. The summed E-state index contributed by atoms with van der Waals surface area (Å²) in [7, 11) is 0. The monoisotopic (exact) mass is 275 g/mol. The van der Waals surface area contributed by atoms with E-state index < -0.39 is 0 Å². The first-order valence-electron chi connectivity index (χ1n) is 6.93. The van der Waals surface area contributed by atoms with Crippen LogP contribution < -0.4 is 5.32 Å². The van der Waals surface area contributed by atoms with E-state index in [0.717, 1.165) is 24.3 Å². The lowest BCUT2D eigenvalue weighted by atomic mass is 10.1. The summed E-state index contributed by atoms with van der Waals surface area (Å²) in [5, 5.41) is 11.6. The van der Waals surface area contributed by atoms with Gasteiger partial charge in [-0.05, 0) is 33.8 Å². The van der Waals surface area contributed by atoms with Crippen molar-refractivity contribution < 1.29 is 4.79 Å². The van der Waals surface area contributed by atoms with Crippen LogP contribution in [0.5, 0.6) is 0 Å². The highest BCUT2D eigenvalue weighted by atomic mass is 16.2. The molecule has 2 aromatic rings. The van der Waals surface area contributed by atoms with Crippen LogP contribution in [0.2, 0.25) is 0 Å². The summed E-state index contributed by atoms with van der Waals surface area (Å²) in [5.74, 6) is -0.159. The van der Waals surface area contributed by atoms with Gasteiger partial charge in [-0.1, -0.05) is 0 Å². The third kappa shape index (κ3) is 2.89. The highest BCUT2D eigenvalue weighted by Crippen LogP contribution is 2.16. The minimum atomic E-state index is -0.159. The smallest absolute Gasteiger partial charge is 0.272 e. The molecule has 0 aromatic carbocycles. The normalized spacial score (nSPS) is 12.4. The van der Waals surface area contributed by atoms with E-state index in [1.165, 1.54) is 0 Å². The zero-order chi connectivity index (χ0) is 14.7. The van der Waals surface area contributed by atoms with Gasteiger partial charge in [0.1, 0.15) is 5.69 Å².